The van der Waals surface area contributed by atoms with Crippen LogP contribution >= 0.6 is 0 Å². The molecule has 2 atom stereocenters. The Morgan fingerprint density at radius 2 is 1.80 bits per heavy atom. The van der Waals surface area contributed by atoms with Gasteiger partial charge in [-0.3, -0.25) is 9.69 Å². The molecule has 1 amide bonds. The van der Waals surface area contributed by atoms with E-state index in [1.165, 1.54) is 51.5 Å². The van der Waals surface area contributed by atoms with Gasteiger partial charge in [0.05, 0.1) is 6.04 Å². The van der Waals surface area contributed by atoms with Gasteiger partial charge in [0.15, 0.2) is 0 Å². The van der Waals surface area contributed by atoms with Crippen molar-refractivity contribution < 1.29 is 4.79 Å². The summed E-state index contributed by atoms with van der Waals surface area (Å²) in [7, 11) is 0. The molecule has 0 radical (unpaired) electrons. The SMILES string of the molecule is O=C(NC1CCN(C2CCCCC2)C1)C1CCCCN1. The highest BCUT2D eigenvalue weighted by atomic mass is 16.2. The van der Waals surface area contributed by atoms with Crippen molar-refractivity contribution in [1.29, 1.82) is 0 Å². The summed E-state index contributed by atoms with van der Waals surface area (Å²) in [5, 5.41) is 6.62. The molecule has 2 aliphatic heterocycles. The lowest BCUT2D eigenvalue weighted by Crippen LogP contribution is -2.50. The van der Waals surface area contributed by atoms with E-state index in [2.05, 4.69) is 15.5 Å². The second-order valence-electron chi connectivity index (χ2n) is 6.78. The van der Waals surface area contributed by atoms with Gasteiger partial charge in [-0.15, -0.1) is 0 Å². The van der Waals surface area contributed by atoms with Crippen LogP contribution in [0.5, 0.6) is 0 Å². The lowest BCUT2D eigenvalue weighted by Gasteiger charge is -2.31. The van der Waals surface area contributed by atoms with Crippen molar-refractivity contribution in [2.45, 2.75) is 75.9 Å². The Morgan fingerprint density at radius 3 is 2.55 bits per heavy atom. The zero-order valence-corrected chi connectivity index (χ0v) is 12.6. The molecular weight excluding hydrogens is 250 g/mol. The van der Waals surface area contributed by atoms with Crippen LogP contribution < -0.4 is 10.6 Å². The van der Waals surface area contributed by atoms with Crippen LogP contribution in [0.15, 0.2) is 0 Å². The zero-order valence-electron chi connectivity index (χ0n) is 12.6. The average Bonchev–Trinajstić information content (AvgIpc) is 2.97. The molecule has 1 aliphatic carbocycles. The quantitative estimate of drug-likeness (QED) is 0.826. The molecule has 4 heteroatoms. The van der Waals surface area contributed by atoms with E-state index in [1.54, 1.807) is 0 Å². The van der Waals surface area contributed by atoms with Crippen LogP contribution in [0.3, 0.4) is 0 Å². The number of carbonyl (C=O) groups is 1. The molecule has 2 unspecified atom stereocenters. The first kappa shape index (κ1) is 14.3. The summed E-state index contributed by atoms with van der Waals surface area (Å²) in [6.45, 7) is 3.24. The molecule has 0 aromatic heterocycles. The highest BCUT2D eigenvalue weighted by Gasteiger charge is 2.31. The average molecular weight is 279 g/mol. The molecule has 20 heavy (non-hydrogen) atoms. The largest absolute Gasteiger partial charge is 0.351 e. The molecule has 3 fully saturated rings. The molecule has 1 saturated carbocycles. The van der Waals surface area contributed by atoms with Crippen molar-refractivity contribution in [3.63, 3.8) is 0 Å². The fourth-order valence-corrected chi connectivity index (χ4v) is 4.06. The summed E-state index contributed by atoms with van der Waals surface area (Å²) in [5.74, 6) is 0.236. The molecule has 0 aromatic rings. The Bertz CT molecular complexity index is 322. The second kappa shape index (κ2) is 6.90. The number of nitrogens with one attached hydrogen (secondary N) is 2. The maximum atomic E-state index is 12.2. The number of rotatable bonds is 3. The predicted molar refractivity (Wildman–Crippen MR) is 80.6 cm³/mol. The van der Waals surface area contributed by atoms with Gasteiger partial charge in [0.25, 0.3) is 0 Å². The van der Waals surface area contributed by atoms with E-state index < -0.39 is 0 Å². The van der Waals surface area contributed by atoms with Crippen molar-refractivity contribution in [3.05, 3.63) is 0 Å². The molecular formula is C16H29N3O. The van der Waals surface area contributed by atoms with Crippen LogP contribution in [-0.2, 0) is 4.79 Å². The van der Waals surface area contributed by atoms with Crippen LogP contribution in [0, 0.1) is 0 Å². The standard InChI is InChI=1S/C16H29N3O/c20-16(15-8-4-5-10-17-15)18-13-9-11-19(12-13)14-6-2-1-3-7-14/h13-15,17H,1-12H2,(H,18,20). The van der Waals surface area contributed by atoms with Crippen LogP contribution in [0.1, 0.15) is 57.8 Å². The first-order valence-electron chi connectivity index (χ1n) is 8.61. The molecule has 0 bridgehead atoms. The third-order valence-electron chi connectivity index (χ3n) is 5.28. The fraction of sp³-hybridized carbons (Fsp3) is 0.938. The molecule has 114 valence electrons. The van der Waals surface area contributed by atoms with Crippen LogP contribution in [0.4, 0.5) is 0 Å². The van der Waals surface area contributed by atoms with Crippen LogP contribution in [0.2, 0.25) is 0 Å². The first-order valence-corrected chi connectivity index (χ1v) is 8.61. The van der Waals surface area contributed by atoms with Gasteiger partial charge in [0, 0.05) is 25.2 Å². The van der Waals surface area contributed by atoms with Gasteiger partial charge < -0.3 is 10.6 Å². The van der Waals surface area contributed by atoms with Gasteiger partial charge >= 0.3 is 0 Å². The maximum Gasteiger partial charge on any atom is 0.237 e. The molecule has 2 heterocycles. The van der Waals surface area contributed by atoms with E-state index >= 15 is 0 Å². The third kappa shape index (κ3) is 3.53. The van der Waals surface area contributed by atoms with Gasteiger partial charge in [0.2, 0.25) is 5.91 Å². The minimum atomic E-state index is 0.0625. The van der Waals surface area contributed by atoms with Gasteiger partial charge in [-0.05, 0) is 38.6 Å². The number of nitrogens with zero attached hydrogens (tertiary/aromatic N) is 1. The van der Waals surface area contributed by atoms with E-state index in [0.717, 1.165) is 32.0 Å². The normalized spacial score (nSPS) is 33.2. The summed E-state index contributed by atoms with van der Waals surface area (Å²) in [4.78, 5) is 14.9. The van der Waals surface area contributed by atoms with E-state index in [4.69, 9.17) is 0 Å². The van der Waals surface area contributed by atoms with Crippen LogP contribution in [-0.4, -0.2) is 48.6 Å². The van der Waals surface area contributed by atoms with E-state index in [0.29, 0.717) is 6.04 Å². The lowest BCUT2D eigenvalue weighted by atomic mass is 9.94. The van der Waals surface area contributed by atoms with Gasteiger partial charge in [0.1, 0.15) is 0 Å². The minimum Gasteiger partial charge on any atom is -0.351 e. The maximum absolute atomic E-state index is 12.2. The molecule has 0 aromatic carbocycles. The van der Waals surface area contributed by atoms with Gasteiger partial charge in [-0.1, -0.05) is 25.7 Å². The molecule has 2 saturated heterocycles. The summed E-state index contributed by atoms with van der Waals surface area (Å²) >= 11 is 0. The topological polar surface area (TPSA) is 44.4 Å². The van der Waals surface area contributed by atoms with Gasteiger partial charge in [-0.25, -0.2) is 0 Å². The Kier molecular flexibility index (Phi) is 4.94. The van der Waals surface area contributed by atoms with Crippen molar-refractivity contribution >= 4 is 5.91 Å². The Balaban J connectivity index is 1.43. The molecule has 2 N–H and O–H groups in total. The number of hydrogen-bond acceptors (Lipinski definition) is 3. The lowest BCUT2D eigenvalue weighted by molar-refractivity contribution is -0.124. The van der Waals surface area contributed by atoms with E-state index in [-0.39, 0.29) is 11.9 Å². The second-order valence-corrected chi connectivity index (χ2v) is 6.78. The Morgan fingerprint density at radius 1 is 1.00 bits per heavy atom. The smallest absolute Gasteiger partial charge is 0.237 e. The van der Waals surface area contributed by atoms with E-state index in [9.17, 15) is 4.79 Å². The highest BCUT2D eigenvalue weighted by molar-refractivity contribution is 5.82. The minimum absolute atomic E-state index is 0.0625. The summed E-state index contributed by atoms with van der Waals surface area (Å²) in [6.07, 6.45) is 11.5. The van der Waals surface area contributed by atoms with Crippen molar-refractivity contribution in [2.75, 3.05) is 19.6 Å². The van der Waals surface area contributed by atoms with Crippen molar-refractivity contribution in [1.82, 2.24) is 15.5 Å². The highest BCUT2D eigenvalue weighted by Crippen LogP contribution is 2.25. The zero-order chi connectivity index (χ0) is 13.8. The third-order valence-corrected chi connectivity index (χ3v) is 5.28. The molecule has 0 spiro atoms. The number of piperidine rings is 1. The van der Waals surface area contributed by atoms with Crippen molar-refractivity contribution in [2.24, 2.45) is 0 Å². The first-order chi connectivity index (χ1) is 9.83. The van der Waals surface area contributed by atoms with Gasteiger partial charge in [-0.2, -0.15) is 0 Å². The summed E-state index contributed by atoms with van der Waals surface area (Å²) in [6, 6.07) is 1.24. The Hall–Kier alpha value is -0.610. The van der Waals surface area contributed by atoms with Crippen LogP contribution in [0.25, 0.3) is 0 Å². The number of likely N-dealkylation sites (tertiary alicyclic amines) is 1. The van der Waals surface area contributed by atoms with Crippen molar-refractivity contribution in [3.8, 4) is 0 Å². The number of amides is 1. The van der Waals surface area contributed by atoms with E-state index in [1.807, 2.05) is 0 Å². The molecule has 4 nitrogen and oxygen atoms in total. The number of carbonyl (C=O) groups excluding carboxylic acids is 1. The summed E-state index contributed by atoms with van der Waals surface area (Å²) in [5.41, 5.74) is 0. The number of hydrogen-bond donors (Lipinski definition) is 2. The Labute approximate surface area is 122 Å². The fourth-order valence-electron chi connectivity index (χ4n) is 4.06. The molecule has 3 rings (SSSR count). The predicted octanol–water partition coefficient (Wildman–Crippen LogP) is 1.65. The summed E-state index contributed by atoms with van der Waals surface area (Å²) < 4.78 is 0. The monoisotopic (exact) mass is 279 g/mol. The molecule has 3 aliphatic rings.